The zero-order chi connectivity index (χ0) is 11.7. The Labute approximate surface area is 86.5 Å². The minimum Gasteiger partial charge on any atom is -0.315 e. The Morgan fingerprint density at radius 3 is 2.40 bits per heavy atom. The predicted octanol–water partition coefficient (Wildman–Crippen LogP) is 0.520. The van der Waals surface area contributed by atoms with E-state index in [0.717, 1.165) is 0 Å². The second kappa shape index (κ2) is 4.26. The van der Waals surface area contributed by atoms with Crippen molar-refractivity contribution in [3.05, 3.63) is 0 Å². The Bertz CT molecular complexity index is 309. The quantitative estimate of drug-likeness (QED) is 0.789. The van der Waals surface area contributed by atoms with Crippen LogP contribution in [0.2, 0.25) is 0 Å². The van der Waals surface area contributed by atoms with Crippen molar-refractivity contribution in [1.29, 1.82) is 0 Å². The molecule has 0 aliphatic carbocycles. The molecule has 1 heterocycles. The molecule has 0 aromatic carbocycles. The second-order valence-corrected chi connectivity index (χ2v) is 5.18. The molecule has 0 saturated carbocycles. The average molecular weight is 246 g/mol. The van der Waals surface area contributed by atoms with E-state index in [1.807, 2.05) is 0 Å². The van der Waals surface area contributed by atoms with Crippen molar-refractivity contribution in [3.63, 3.8) is 0 Å². The molecule has 1 aliphatic heterocycles. The van der Waals surface area contributed by atoms with E-state index in [4.69, 9.17) is 0 Å². The van der Waals surface area contributed by atoms with E-state index in [9.17, 15) is 21.6 Å². The zero-order valence-electron chi connectivity index (χ0n) is 8.21. The maximum absolute atomic E-state index is 12.3. The molecule has 1 N–H and O–H groups in total. The van der Waals surface area contributed by atoms with Gasteiger partial charge in [-0.25, -0.2) is 8.42 Å². The molecule has 4 nitrogen and oxygen atoms in total. The van der Waals surface area contributed by atoms with Gasteiger partial charge in [0.05, 0.1) is 0 Å². The van der Waals surface area contributed by atoms with Crippen molar-refractivity contribution >= 4 is 10.0 Å². The lowest BCUT2D eigenvalue weighted by Gasteiger charge is -2.26. The number of sulfonamides is 1. The highest BCUT2D eigenvalue weighted by Crippen LogP contribution is 2.29. The molecule has 0 amide bonds. The van der Waals surface area contributed by atoms with Crippen LogP contribution in [0.3, 0.4) is 0 Å². The average Bonchev–Trinajstić information content (AvgIpc) is 2.55. The molecule has 0 radical (unpaired) electrons. The number of hydrogen-bond acceptors (Lipinski definition) is 3. The van der Waals surface area contributed by atoms with E-state index in [1.54, 1.807) is 0 Å². The Morgan fingerprint density at radius 1 is 1.47 bits per heavy atom. The SMILES string of the molecule is CCN(C1CCNC1)S(=O)(=O)C(F)(F)F. The fourth-order valence-electron chi connectivity index (χ4n) is 1.64. The number of hydrogen-bond donors (Lipinski definition) is 1. The summed E-state index contributed by atoms with van der Waals surface area (Å²) in [6.07, 6.45) is 0.420. The number of nitrogens with zero attached hydrogens (tertiary/aromatic N) is 1. The third-order valence-corrected chi connectivity index (χ3v) is 4.11. The number of halogens is 3. The summed E-state index contributed by atoms with van der Waals surface area (Å²) in [7, 11) is -5.18. The first-order valence-electron chi connectivity index (χ1n) is 4.59. The van der Waals surface area contributed by atoms with Crippen LogP contribution in [0.25, 0.3) is 0 Å². The highest BCUT2D eigenvalue weighted by Gasteiger charge is 2.51. The third-order valence-electron chi connectivity index (χ3n) is 2.35. The number of likely N-dealkylation sites (N-methyl/N-ethyl adjacent to an activating group) is 1. The highest BCUT2D eigenvalue weighted by molar-refractivity contribution is 7.90. The molecule has 0 aromatic heterocycles. The lowest BCUT2D eigenvalue weighted by molar-refractivity contribution is -0.0497. The van der Waals surface area contributed by atoms with Crippen LogP contribution in [0.1, 0.15) is 13.3 Å². The first-order chi connectivity index (χ1) is 6.80. The van der Waals surface area contributed by atoms with Crippen molar-refractivity contribution < 1.29 is 21.6 Å². The van der Waals surface area contributed by atoms with E-state index in [0.29, 0.717) is 17.3 Å². The van der Waals surface area contributed by atoms with Crippen LogP contribution in [0, 0.1) is 0 Å². The lowest BCUT2D eigenvalue weighted by atomic mass is 10.3. The maximum atomic E-state index is 12.3. The molecule has 1 aliphatic rings. The number of nitrogens with one attached hydrogen (secondary N) is 1. The molecule has 0 bridgehead atoms. The molecule has 1 fully saturated rings. The van der Waals surface area contributed by atoms with E-state index >= 15 is 0 Å². The van der Waals surface area contributed by atoms with Gasteiger partial charge >= 0.3 is 15.5 Å². The van der Waals surface area contributed by atoms with Crippen LogP contribution in [0.4, 0.5) is 13.2 Å². The first kappa shape index (κ1) is 12.7. The van der Waals surface area contributed by atoms with Gasteiger partial charge in [0, 0.05) is 19.1 Å². The van der Waals surface area contributed by atoms with Crippen LogP contribution in [0.15, 0.2) is 0 Å². The largest absolute Gasteiger partial charge is 0.511 e. The smallest absolute Gasteiger partial charge is 0.315 e. The van der Waals surface area contributed by atoms with Crippen molar-refractivity contribution in [2.24, 2.45) is 0 Å². The van der Waals surface area contributed by atoms with Crippen LogP contribution in [-0.4, -0.2) is 43.9 Å². The summed E-state index contributed by atoms with van der Waals surface area (Å²) in [5, 5.41) is 2.84. The molecule has 1 unspecified atom stereocenters. The number of alkyl halides is 3. The van der Waals surface area contributed by atoms with E-state index in [-0.39, 0.29) is 13.1 Å². The second-order valence-electron chi connectivity index (χ2n) is 3.30. The lowest BCUT2D eigenvalue weighted by Crippen LogP contribution is -2.47. The van der Waals surface area contributed by atoms with Gasteiger partial charge in [-0.3, -0.25) is 0 Å². The van der Waals surface area contributed by atoms with Crippen molar-refractivity contribution in [2.45, 2.75) is 24.9 Å². The summed E-state index contributed by atoms with van der Waals surface area (Å²) in [6, 6.07) is -0.582. The van der Waals surface area contributed by atoms with Gasteiger partial charge in [0.2, 0.25) is 0 Å². The molecule has 0 aromatic rings. The van der Waals surface area contributed by atoms with Crippen LogP contribution >= 0.6 is 0 Å². The van der Waals surface area contributed by atoms with Gasteiger partial charge in [-0.05, 0) is 13.0 Å². The van der Waals surface area contributed by atoms with Gasteiger partial charge in [0.15, 0.2) is 0 Å². The summed E-state index contributed by atoms with van der Waals surface area (Å²) in [4.78, 5) is 0. The van der Waals surface area contributed by atoms with Gasteiger partial charge in [-0.15, -0.1) is 0 Å². The fraction of sp³-hybridized carbons (Fsp3) is 1.00. The standard InChI is InChI=1S/C7H13F3N2O2S/c1-2-12(6-3-4-11-5-6)15(13,14)7(8,9)10/h6,11H,2-5H2,1H3. The summed E-state index contributed by atoms with van der Waals surface area (Å²) in [5.74, 6) is 0. The molecule has 1 atom stereocenters. The summed E-state index contributed by atoms with van der Waals surface area (Å²) in [5.41, 5.74) is -5.20. The molecule has 0 spiro atoms. The zero-order valence-corrected chi connectivity index (χ0v) is 9.03. The third kappa shape index (κ3) is 2.43. The summed E-state index contributed by atoms with van der Waals surface area (Å²) in [6.45, 7) is 2.08. The monoisotopic (exact) mass is 246 g/mol. The van der Waals surface area contributed by atoms with E-state index < -0.39 is 21.6 Å². The molecule has 1 rings (SSSR count). The summed E-state index contributed by atoms with van der Waals surface area (Å²) >= 11 is 0. The number of rotatable bonds is 3. The molecule has 8 heteroatoms. The molecular weight excluding hydrogens is 233 g/mol. The van der Waals surface area contributed by atoms with Gasteiger partial charge in [0.1, 0.15) is 0 Å². The Balaban J connectivity index is 2.91. The predicted molar refractivity (Wildman–Crippen MR) is 48.6 cm³/mol. The molecule has 1 saturated heterocycles. The van der Waals surface area contributed by atoms with Crippen LogP contribution in [0.5, 0.6) is 0 Å². The van der Waals surface area contributed by atoms with E-state index in [1.165, 1.54) is 6.92 Å². The Kier molecular flexibility index (Phi) is 3.62. The Morgan fingerprint density at radius 2 is 2.07 bits per heavy atom. The maximum Gasteiger partial charge on any atom is 0.511 e. The summed E-state index contributed by atoms with van der Waals surface area (Å²) < 4.78 is 59.6. The van der Waals surface area contributed by atoms with E-state index in [2.05, 4.69) is 5.32 Å². The first-order valence-corrected chi connectivity index (χ1v) is 6.03. The van der Waals surface area contributed by atoms with Crippen LogP contribution < -0.4 is 5.32 Å². The molecule has 90 valence electrons. The topological polar surface area (TPSA) is 49.4 Å². The van der Waals surface area contributed by atoms with Crippen molar-refractivity contribution in [1.82, 2.24) is 9.62 Å². The highest BCUT2D eigenvalue weighted by atomic mass is 32.2. The van der Waals surface area contributed by atoms with Gasteiger partial charge in [0.25, 0.3) is 0 Å². The van der Waals surface area contributed by atoms with Gasteiger partial charge < -0.3 is 5.32 Å². The minimum absolute atomic E-state index is 0.159. The molecule has 15 heavy (non-hydrogen) atoms. The van der Waals surface area contributed by atoms with Crippen molar-refractivity contribution in [2.75, 3.05) is 19.6 Å². The van der Waals surface area contributed by atoms with Crippen LogP contribution in [-0.2, 0) is 10.0 Å². The fourth-order valence-corrected chi connectivity index (χ4v) is 2.82. The molecular formula is C7H13F3N2O2S. The Hall–Kier alpha value is -0.340. The van der Waals surface area contributed by atoms with Gasteiger partial charge in [-0.1, -0.05) is 6.92 Å². The van der Waals surface area contributed by atoms with Crippen molar-refractivity contribution in [3.8, 4) is 0 Å². The van der Waals surface area contributed by atoms with Gasteiger partial charge in [-0.2, -0.15) is 17.5 Å². The normalized spacial score (nSPS) is 23.7. The minimum atomic E-state index is -5.20.